The topological polar surface area (TPSA) is 61.8 Å². The average Bonchev–Trinajstić information content (AvgIpc) is 2.87. The van der Waals surface area contributed by atoms with Crippen LogP contribution in [0.15, 0.2) is 72.8 Å². The van der Waals surface area contributed by atoms with Crippen LogP contribution >= 0.6 is 0 Å². The number of unbranched alkanes of at least 4 members (excludes halogenated alkanes) is 3. The molecule has 0 radical (unpaired) electrons. The van der Waals surface area contributed by atoms with Gasteiger partial charge in [-0.2, -0.15) is 0 Å². The molecule has 5 heteroatoms. The van der Waals surface area contributed by atoms with Crippen molar-refractivity contribution in [3.63, 3.8) is 0 Å². The zero-order chi connectivity index (χ0) is 24.3. The van der Waals surface area contributed by atoms with Crippen LogP contribution in [0.5, 0.6) is 11.5 Å². The lowest BCUT2D eigenvalue weighted by molar-refractivity contribution is 0.0319. The highest BCUT2D eigenvalue weighted by Crippen LogP contribution is 2.23. The predicted octanol–water partition coefficient (Wildman–Crippen LogP) is 7.10. The molecule has 0 aliphatic rings. The molecule has 1 atom stereocenters. The lowest BCUT2D eigenvalue weighted by atomic mass is 10.0. The molecule has 0 amide bonds. The molecule has 0 bridgehead atoms. The van der Waals surface area contributed by atoms with Gasteiger partial charge >= 0.3 is 11.9 Å². The van der Waals surface area contributed by atoms with E-state index in [0.29, 0.717) is 16.9 Å². The molecule has 34 heavy (non-hydrogen) atoms. The van der Waals surface area contributed by atoms with Crippen LogP contribution in [0.2, 0.25) is 0 Å². The molecular formula is C29H32O5. The second-order valence-corrected chi connectivity index (χ2v) is 8.29. The fraction of sp³-hybridized carbons (Fsp3) is 0.310. The van der Waals surface area contributed by atoms with E-state index in [1.807, 2.05) is 43.3 Å². The molecule has 3 aromatic rings. The first-order chi connectivity index (χ1) is 16.5. The van der Waals surface area contributed by atoms with Crippen molar-refractivity contribution in [1.82, 2.24) is 0 Å². The lowest BCUT2D eigenvalue weighted by Crippen LogP contribution is -2.15. The van der Waals surface area contributed by atoms with Crippen molar-refractivity contribution >= 4 is 11.9 Å². The second-order valence-electron chi connectivity index (χ2n) is 8.29. The lowest BCUT2D eigenvalue weighted by Gasteiger charge is -2.13. The van der Waals surface area contributed by atoms with Gasteiger partial charge in [0.1, 0.15) is 11.5 Å². The third kappa shape index (κ3) is 7.20. The van der Waals surface area contributed by atoms with Crippen LogP contribution in [0.4, 0.5) is 0 Å². The minimum atomic E-state index is -0.461. The first-order valence-electron chi connectivity index (χ1n) is 11.8. The highest BCUT2D eigenvalue weighted by molar-refractivity contribution is 5.92. The maximum atomic E-state index is 12.5. The number of carbonyl (C=O) groups is 2. The molecule has 0 saturated heterocycles. The van der Waals surface area contributed by atoms with E-state index in [4.69, 9.17) is 14.2 Å². The molecule has 0 aliphatic heterocycles. The van der Waals surface area contributed by atoms with Gasteiger partial charge in [-0.3, -0.25) is 0 Å². The number of hydrogen-bond donors (Lipinski definition) is 0. The Balaban J connectivity index is 1.53. The summed E-state index contributed by atoms with van der Waals surface area (Å²) in [5, 5.41) is 0. The number of hydrogen-bond acceptors (Lipinski definition) is 5. The van der Waals surface area contributed by atoms with Crippen molar-refractivity contribution in [2.24, 2.45) is 0 Å². The molecule has 3 rings (SSSR count). The molecule has 0 N–H and O–H groups in total. The minimum Gasteiger partial charge on any atom is -0.497 e. The molecule has 0 spiro atoms. The molecule has 178 valence electrons. The van der Waals surface area contributed by atoms with Gasteiger partial charge in [0.25, 0.3) is 0 Å². The van der Waals surface area contributed by atoms with Crippen LogP contribution in [-0.2, 0) is 4.74 Å². The quantitative estimate of drug-likeness (QED) is 0.174. The molecule has 3 aromatic carbocycles. The molecule has 0 saturated carbocycles. The van der Waals surface area contributed by atoms with E-state index < -0.39 is 5.97 Å². The van der Waals surface area contributed by atoms with E-state index >= 15 is 0 Å². The number of rotatable bonds is 11. The van der Waals surface area contributed by atoms with E-state index in [-0.39, 0.29) is 12.1 Å². The van der Waals surface area contributed by atoms with Gasteiger partial charge in [0.2, 0.25) is 0 Å². The molecule has 0 fully saturated rings. The van der Waals surface area contributed by atoms with Gasteiger partial charge in [-0.05, 0) is 79.4 Å². The van der Waals surface area contributed by atoms with E-state index in [2.05, 4.69) is 6.92 Å². The largest absolute Gasteiger partial charge is 0.497 e. The third-order valence-electron chi connectivity index (χ3n) is 5.62. The second kappa shape index (κ2) is 12.6. The van der Waals surface area contributed by atoms with E-state index in [9.17, 15) is 9.59 Å². The Kier molecular flexibility index (Phi) is 9.27. The predicted molar refractivity (Wildman–Crippen MR) is 133 cm³/mol. The monoisotopic (exact) mass is 460 g/mol. The molecule has 0 heterocycles. The van der Waals surface area contributed by atoms with Gasteiger partial charge in [-0.15, -0.1) is 0 Å². The van der Waals surface area contributed by atoms with E-state index in [1.165, 1.54) is 12.8 Å². The fourth-order valence-corrected chi connectivity index (χ4v) is 3.58. The van der Waals surface area contributed by atoms with E-state index in [0.717, 1.165) is 36.1 Å². The van der Waals surface area contributed by atoms with Crippen LogP contribution in [0, 0.1) is 0 Å². The summed E-state index contributed by atoms with van der Waals surface area (Å²) in [6.07, 6.45) is 5.33. The summed E-state index contributed by atoms with van der Waals surface area (Å²) in [5.74, 6) is 0.334. The highest BCUT2D eigenvalue weighted by atomic mass is 16.5. The van der Waals surface area contributed by atoms with Crippen LogP contribution in [0.25, 0.3) is 11.1 Å². The third-order valence-corrected chi connectivity index (χ3v) is 5.62. The first kappa shape index (κ1) is 25.0. The van der Waals surface area contributed by atoms with Crippen molar-refractivity contribution in [2.75, 3.05) is 7.11 Å². The van der Waals surface area contributed by atoms with Gasteiger partial charge < -0.3 is 14.2 Å². The number of ether oxygens (including phenoxy) is 3. The Morgan fingerprint density at radius 3 is 1.82 bits per heavy atom. The summed E-state index contributed by atoms with van der Waals surface area (Å²) in [7, 11) is 1.63. The van der Waals surface area contributed by atoms with Crippen LogP contribution in [0.3, 0.4) is 0 Å². The van der Waals surface area contributed by atoms with Crippen molar-refractivity contribution in [3.05, 3.63) is 83.9 Å². The molecular weight excluding hydrogens is 428 g/mol. The maximum absolute atomic E-state index is 12.5. The Bertz CT molecular complexity index is 1050. The van der Waals surface area contributed by atoms with Gasteiger partial charge in [0.05, 0.1) is 24.3 Å². The number of methoxy groups -OCH3 is 1. The zero-order valence-corrected chi connectivity index (χ0v) is 20.1. The zero-order valence-electron chi connectivity index (χ0n) is 20.1. The summed E-state index contributed by atoms with van der Waals surface area (Å²) in [4.78, 5) is 24.9. The molecule has 1 unspecified atom stereocenters. The van der Waals surface area contributed by atoms with E-state index in [1.54, 1.807) is 43.5 Å². The Morgan fingerprint density at radius 1 is 0.706 bits per heavy atom. The minimum absolute atomic E-state index is 0.122. The Labute approximate surface area is 201 Å². The van der Waals surface area contributed by atoms with Crippen molar-refractivity contribution < 1.29 is 23.8 Å². The van der Waals surface area contributed by atoms with Gasteiger partial charge in [-0.25, -0.2) is 9.59 Å². The summed E-state index contributed by atoms with van der Waals surface area (Å²) in [5.41, 5.74) is 2.89. The van der Waals surface area contributed by atoms with Crippen molar-refractivity contribution in [1.29, 1.82) is 0 Å². The van der Waals surface area contributed by atoms with Crippen molar-refractivity contribution in [2.45, 2.75) is 52.1 Å². The number of carbonyl (C=O) groups excluding carboxylic acids is 2. The fourth-order valence-electron chi connectivity index (χ4n) is 3.58. The number of esters is 2. The summed E-state index contributed by atoms with van der Waals surface area (Å²) < 4.78 is 16.2. The maximum Gasteiger partial charge on any atom is 0.343 e. The average molecular weight is 461 g/mol. The first-order valence-corrected chi connectivity index (χ1v) is 11.8. The van der Waals surface area contributed by atoms with Crippen LogP contribution < -0.4 is 9.47 Å². The highest BCUT2D eigenvalue weighted by Gasteiger charge is 2.14. The van der Waals surface area contributed by atoms with Gasteiger partial charge in [0, 0.05) is 0 Å². The van der Waals surface area contributed by atoms with Crippen molar-refractivity contribution in [3.8, 4) is 22.6 Å². The number of benzene rings is 3. The smallest absolute Gasteiger partial charge is 0.343 e. The standard InChI is InChI=1S/C29H32O5/c1-4-5-6-7-8-21(2)33-28(30)25-15-19-27(20-16-25)34-29(31)24-11-9-22(10-12-24)23-13-17-26(32-3)18-14-23/h9-21H,4-8H2,1-3H3. The van der Waals surface area contributed by atoms with Gasteiger partial charge in [-0.1, -0.05) is 50.5 Å². The molecule has 5 nitrogen and oxygen atoms in total. The Hall–Kier alpha value is -3.60. The summed E-state index contributed by atoms with van der Waals surface area (Å²) in [6.45, 7) is 4.09. The molecule has 0 aromatic heterocycles. The summed E-state index contributed by atoms with van der Waals surface area (Å²) in [6, 6.07) is 21.4. The van der Waals surface area contributed by atoms with Crippen LogP contribution in [-0.4, -0.2) is 25.2 Å². The van der Waals surface area contributed by atoms with Crippen LogP contribution in [0.1, 0.15) is 66.7 Å². The molecule has 0 aliphatic carbocycles. The van der Waals surface area contributed by atoms with Gasteiger partial charge in [0.15, 0.2) is 0 Å². The normalized spacial score (nSPS) is 11.5. The Morgan fingerprint density at radius 2 is 1.24 bits per heavy atom. The SMILES string of the molecule is CCCCCCC(C)OC(=O)c1ccc(OC(=O)c2ccc(-c3ccc(OC)cc3)cc2)cc1. The summed E-state index contributed by atoms with van der Waals surface area (Å²) >= 11 is 0.